The van der Waals surface area contributed by atoms with Gasteiger partial charge in [0, 0.05) is 31.9 Å². The Morgan fingerprint density at radius 1 is 1.07 bits per heavy atom. The number of benzene rings is 1. The highest BCUT2D eigenvalue weighted by molar-refractivity contribution is 5.92. The molecule has 1 N–H and O–H groups in total. The highest BCUT2D eigenvalue weighted by Gasteiger charge is 2.20. The molecule has 0 unspecified atom stereocenters. The Balaban J connectivity index is 1.34. The molecule has 1 fully saturated rings. The van der Waals surface area contributed by atoms with Gasteiger partial charge in [-0.25, -0.2) is 0 Å². The van der Waals surface area contributed by atoms with Crippen LogP contribution in [0.4, 0.5) is 11.5 Å². The molecular formula is C20H24N6O. The molecule has 3 heterocycles. The fourth-order valence-corrected chi connectivity index (χ4v) is 3.68. The maximum Gasteiger partial charge on any atom is 0.238 e. The van der Waals surface area contributed by atoms with Crippen LogP contribution >= 0.6 is 0 Å². The average molecular weight is 364 g/mol. The first-order valence-electron chi connectivity index (χ1n) is 9.23. The smallest absolute Gasteiger partial charge is 0.238 e. The van der Waals surface area contributed by atoms with E-state index in [0.29, 0.717) is 6.54 Å². The molecule has 7 heteroatoms. The lowest BCUT2D eigenvalue weighted by Crippen LogP contribution is -2.49. The molecule has 0 radical (unpaired) electrons. The molecule has 7 nitrogen and oxygen atoms in total. The molecular weight excluding hydrogens is 340 g/mol. The van der Waals surface area contributed by atoms with Crippen LogP contribution in [0.1, 0.15) is 11.1 Å². The van der Waals surface area contributed by atoms with Gasteiger partial charge in [-0.3, -0.25) is 14.1 Å². The number of nitrogens with one attached hydrogen (secondary N) is 1. The third-order valence-electron chi connectivity index (χ3n) is 4.88. The highest BCUT2D eigenvalue weighted by atomic mass is 16.2. The molecule has 1 saturated heterocycles. The quantitative estimate of drug-likeness (QED) is 0.768. The summed E-state index contributed by atoms with van der Waals surface area (Å²) in [6.07, 6.45) is 1.74. The van der Waals surface area contributed by atoms with Gasteiger partial charge in [0.1, 0.15) is 12.1 Å². The molecule has 140 valence electrons. The van der Waals surface area contributed by atoms with Crippen molar-refractivity contribution >= 4 is 23.1 Å². The second-order valence-corrected chi connectivity index (χ2v) is 7.13. The Morgan fingerprint density at radius 2 is 1.81 bits per heavy atom. The lowest BCUT2D eigenvalue weighted by molar-refractivity contribution is -0.117. The number of nitrogens with zero attached hydrogens (tertiary/aromatic N) is 5. The van der Waals surface area contributed by atoms with Gasteiger partial charge < -0.3 is 10.2 Å². The van der Waals surface area contributed by atoms with Gasteiger partial charge in [0.25, 0.3) is 0 Å². The second kappa shape index (κ2) is 7.36. The summed E-state index contributed by atoms with van der Waals surface area (Å²) in [4.78, 5) is 16.9. The number of anilines is 2. The third-order valence-corrected chi connectivity index (χ3v) is 4.88. The van der Waals surface area contributed by atoms with Gasteiger partial charge >= 0.3 is 0 Å². The first-order chi connectivity index (χ1) is 13.1. The number of rotatable bonds is 4. The van der Waals surface area contributed by atoms with Gasteiger partial charge in [-0.2, -0.15) is 0 Å². The predicted molar refractivity (Wildman–Crippen MR) is 106 cm³/mol. The van der Waals surface area contributed by atoms with Crippen LogP contribution in [-0.2, 0) is 4.79 Å². The molecule has 4 rings (SSSR count). The molecule has 0 saturated carbocycles. The third kappa shape index (κ3) is 3.93. The van der Waals surface area contributed by atoms with E-state index in [1.165, 1.54) is 0 Å². The molecule has 2 aromatic heterocycles. The highest BCUT2D eigenvalue weighted by Crippen LogP contribution is 2.18. The van der Waals surface area contributed by atoms with E-state index >= 15 is 0 Å². The van der Waals surface area contributed by atoms with Crippen molar-refractivity contribution in [3.05, 3.63) is 53.9 Å². The van der Waals surface area contributed by atoms with E-state index in [1.54, 1.807) is 6.33 Å². The van der Waals surface area contributed by atoms with E-state index in [-0.39, 0.29) is 5.91 Å². The molecule has 1 aliphatic rings. The van der Waals surface area contributed by atoms with Gasteiger partial charge in [0.15, 0.2) is 5.65 Å². The zero-order valence-corrected chi connectivity index (χ0v) is 15.7. The van der Waals surface area contributed by atoms with Crippen molar-refractivity contribution in [3.8, 4) is 0 Å². The van der Waals surface area contributed by atoms with Crippen LogP contribution in [0.2, 0.25) is 0 Å². The van der Waals surface area contributed by atoms with Crippen LogP contribution < -0.4 is 10.2 Å². The van der Waals surface area contributed by atoms with Crippen molar-refractivity contribution < 1.29 is 4.79 Å². The van der Waals surface area contributed by atoms with Crippen LogP contribution in [-0.4, -0.2) is 58.1 Å². The number of aromatic nitrogens is 3. The van der Waals surface area contributed by atoms with Crippen molar-refractivity contribution in [1.82, 2.24) is 19.5 Å². The minimum Gasteiger partial charge on any atom is -0.355 e. The normalized spacial score (nSPS) is 15.3. The number of piperazine rings is 1. The van der Waals surface area contributed by atoms with Crippen molar-refractivity contribution in [1.29, 1.82) is 0 Å². The summed E-state index contributed by atoms with van der Waals surface area (Å²) < 4.78 is 2.00. The molecule has 0 bridgehead atoms. The van der Waals surface area contributed by atoms with Gasteiger partial charge in [-0.05, 0) is 49.2 Å². The zero-order valence-electron chi connectivity index (χ0n) is 15.7. The number of hydrogen-bond donors (Lipinski definition) is 1. The molecule has 3 aromatic rings. The first kappa shape index (κ1) is 17.5. The number of carbonyl (C=O) groups is 1. The summed E-state index contributed by atoms with van der Waals surface area (Å²) in [6.45, 7) is 7.92. The SMILES string of the molecule is Cc1cc(C)cc(NC(=O)CN2CCN(c3cccc4nncn34)CC2)c1. The number of pyridine rings is 1. The van der Waals surface area contributed by atoms with Crippen LogP contribution in [0.5, 0.6) is 0 Å². The van der Waals surface area contributed by atoms with Gasteiger partial charge in [-0.1, -0.05) is 12.1 Å². The summed E-state index contributed by atoms with van der Waals surface area (Å²) in [5, 5.41) is 11.1. The molecule has 0 atom stereocenters. The molecule has 1 aromatic carbocycles. The molecule has 0 spiro atoms. The van der Waals surface area contributed by atoms with Crippen LogP contribution in [0, 0.1) is 13.8 Å². The molecule has 0 aliphatic carbocycles. The number of fused-ring (bicyclic) bond motifs is 1. The first-order valence-corrected chi connectivity index (χ1v) is 9.23. The lowest BCUT2D eigenvalue weighted by atomic mass is 10.1. The fraction of sp³-hybridized carbons (Fsp3) is 0.350. The Labute approximate surface area is 158 Å². The molecule has 1 aliphatic heterocycles. The maximum atomic E-state index is 12.4. The number of hydrogen-bond acceptors (Lipinski definition) is 5. The van der Waals surface area contributed by atoms with Crippen molar-refractivity contribution in [2.75, 3.05) is 42.9 Å². The Kier molecular flexibility index (Phi) is 4.77. The van der Waals surface area contributed by atoms with E-state index in [1.807, 2.05) is 42.5 Å². The Morgan fingerprint density at radius 3 is 2.56 bits per heavy atom. The second-order valence-electron chi connectivity index (χ2n) is 7.13. The summed E-state index contributed by atoms with van der Waals surface area (Å²) in [5.74, 6) is 1.13. The van der Waals surface area contributed by atoms with Crippen molar-refractivity contribution in [2.24, 2.45) is 0 Å². The van der Waals surface area contributed by atoms with E-state index in [0.717, 1.165) is 54.5 Å². The zero-order chi connectivity index (χ0) is 18.8. The maximum absolute atomic E-state index is 12.4. The summed E-state index contributed by atoms with van der Waals surface area (Å²) >= 11 is 0. The standard InChI is InChI=1S/C20H24N6O/c1-15-10-16(2)12-17(11-15)22-19(27)13-24-6-8-25(9-7-24)20-5-3-4-18-23-21-14-26(18)20/h3-5,10-12,14H,6-9,13H2,1-2H3,(H,22,27). The number of amides is 1. The van der Waals surface area contributed by atoms with Gasteiger partial charge in [0.2, 0.25) is 5.91 Å². The molecule has 1 amide bonds. The lowest BCUT2D eigenvalue weighted by Gasteiger charge is -2.35. The van der Waals surface area contributed by atoms with Crippen LogP contribution in [0.3, 0.4) is 0 Å². The summed E-state index contributed by atoms with van der Waals surface area (Å²) in [6, 6.07) is 12.1. The van der Waals surface area contributed by atoms with Crippen LogP contribution in [0.25, 0.3) is 5.65 Å². The monoisotopic (exact) mass is 364 g/mol. The largest absolute Gasteiger partial charge is 0.355 e. The van der Waals surface area contributed by atoms with Crippen molar-refractivity contribution in [3.63, 3.8) is 0 Å². The van der Waals surface area contributed by atoms with Crippen molar-refractivity contribution in [2.45, 2.75) is 13.8 Å². The van der Waals surface area contributed by atoms with E-state index in [9.17, 15) is 4.79 Å². The van der Waals surface area contributed by atoms with Gasteiger partial charge in [0.05, 0.1) is 6.54 Å². The fourth-order valence-electron chi connectivity index (χ4n) is 3.68. The minimum absolute atomic E-state index is 0.0364. The van der Waals surface area contributed by atoms with Gasteiger partial charge in [-0.15, -0.1) is 10.2 Å². The minimum atomic E-state index is 0.0364. The molecule has 27 heavy (non-hydrogen) atoms. The summed E-state index contributed by atoms with van der Waals surface area (Å²) in [5.41, 5.74) is 4.03. The number of carbonyl (C=O) groups excluding carboxylic acids is 1. The van der Waals surface area contributed by atoms with E-state index in [4.69, 9.17) is 0 Å². The topological polar surface area (TPSA) is 65.8 Å². The predicted octanol–water partition coefficient (Wildman–Crippen LogP) is 2.11. The number of aryl methyl sites for hydroxylation is 2. The van der Waals surface area contributed by atoms with Crippen LogP contribution in [0.15, 0.2) is 42.7 Å². The van der Waals surface area contributed by atoms with E-state index in [2.05, 4.69) is 37.4 Å². The van der Waals surface area contributed by atoms with E-state index < -0.39 is 0 Å². The Bertz CT molecular complexity index is 938. The summed E-state index contributed by atoms with van der Waals surface area (Å²) in [7, 11) is 0. The Hall–Kier alpha value is -2.93. The average Bonchev–Trinajstić information content (AvgIpc) is 3.10.